The normalized spacial score (nSPS) is 21.3. The monoisotopic (exact) mass is 346 g/mol. The minimum atomic E-state index is -0.452. The number of H-pyrrole nitrogens is 1. The summed E-state index contributed by atoms with van der Waals surface area (Å²) in [5.41, 5.74) is -1.26. The number of anilines is 1. The molecule has 0 saturated carbocycles. The first kappa shape index (κ1) is 17.1. The van der Waals surface area contributed by atoms with Crippen LogP contribution in [0.15, 0.2) is 38.5 Å². The van der Waals surface area contributed by atoms with Gasteiger partial charge in [-0.3, -0.25) is 19.1 Å². The Labute approximate surface area is 144 Å². The lowest BCUT2D eigenvalue weighted by Crippen LogP contribution is -2.49. The highest BCUT2D eigenvalue weighted by Crippen LogP contribution is 2.25. The van der Waals surface area contributed by atoms with Crippen LogP contribution in [0.4, 0.5) is 5.82 Å². The van der Waals surface area contributed by atoms with Crippen LogP contribution in [0.3, 0.4) is 0 Å². The lowest BCUT2D eigenvalue weighted by Gasteiger charge is -2.28. The van der Waals surface area contributed by atoms with Gasteiger partial charge >= 0.3 is 5.69 Å². The maximum absolute atomic E-state index is 12.5. The molecule has 2 N–H and O–H groups in total. The van der Waals surface area contributed by atoms with E-state index < -0.39 is 11.2 Å². The molecule has 2 aromatic heterocycles. The number of hydrogen-bond acceptors (Lipinski definition) is 5. The second-order valence-electron chi connectivity index (χ2n) is 6.82. The Kier molecular flexibility index (Phi) is 4.28. The molecule has 0 bridgehead atoms. The van der Waals surface area contributed by atoms with Crippen LogP contribution in [0, 0.1) is 0 Å². The quantitative estimate of drug-likeness (QED) is 0.842. The number of rotatable bonds is 4. The average Bonchev–Trinajstić information content (AvgIpc) is 3.21. The molecular formula is C17H22N4O4. The fraction of sp³-hybridized carbons (Fsp3) is 0.471. The number of carbonyl (C=O) groups is 1. The predicted molar refractivity (Wildman–Crippen MR) is 92.8 cm³/mol. The summed E-state index contributed by atoms with van der Waals surface area (Å²) in [5, 5.41) is 3.07. The van der Waals surface area contributed by atoms with Crippen molar-refractivity contribution >= 4 is 11.7 Å². The van der Waals surface area contributed by atoms with Crippen LogP contribution in [0.5, 0.6) is 0 Å². The van der Waals surface area contributed by atoms with Gasteiger partial charge in [0.2, 0.25) is 5.91 Å². The molecule has 2 aromatic rings. The Morgan fingerprint density at radius 2 is 2.20 bits per heavy atom. The zero-order valence-electron chi connectivity index (χ0n) is 14.5. The Morgan fingerprint density at radius 3 is 2.84 bits per heavy atom. The van der Waals surface area contributed by atoms with Gasteiger partial charge in [-0.05, 0) is 32.4 Å². The summed E-state index contributed by atoms with van der Waals surface area (Å²) in [4.78, 5) is 40.7. The van der Waals surface area contributed by atoms with Crippen LogP contribution in [0.25, 0.3) is 0 Å². The molecule has 1 amide bonds. The third-order valence-corrected chi connectivity index (χ3v) is 4.73. The maximum atomic E-state index is 12.5. The number of nitrogens with zero attached hydrogens (tertiary/aromatic N) is 2. The fourth-order valence-corrected chi connectivity index (χ4v) is 3.05. The summed E-state index contributed by atoms with van der Waals surface area (Å²) in [7, 11) is 1.43. The first-order valence-corrected chi connectivity index (χ1v) is 8.20. The highest BCUT2D eigenvalue weighted by Gasteiger charge is 2.37. The van der Waals surface area contributed by atoms with E-state index in [1.54, 1.807) is 25.3 Å². The van der Waals surface area contributed by atoms with E-state index in [9.17, 15) is 14.4 Å². The third-order valence-electron chi connectivity index (χ3n) is 4.73. The van der Waals surface area contributed by atoms with E-state index in [0.29, 0.717) is 31.1 Å². The summed E-state index contributed by atoms with van der Waals surface area (Å²) in [6, 6.07) is 4.93. The van der Waals surface area contributed by atoms with Crippen molar-refractivity contribution in [2.75, 3.05) is 18.0 Å². The zero-order chi connectivity index (χ0) is 18.2. The van der Waals surface area contributed by atoms with Crippen LogP contribution in [0.2, 0.25) is 0 Å². The molecule has 0 aliphatic carbocycles. The van der Waals surface area contributed by atoms with Gasteiger partial charge in [-0.2, -0.15) is 0 Å². The van der Waals surface area contributed by atoms with E-state index in [0.717, 1.165) is 4.57 Å². The van der Waals surface area contributed by atoms with Gasteiger partial charge in [-0.25, -0.2) is 4.79 Å². The van der Waals surface area contributed by atoms with E-state index in [-0.39, 0.29) is 17.4 Å². The van der Waals surface area contributed by atoms with Gasteiger partial charge in [0.05, 0.1) is 17.7 Å². The van der Waals surface area contributed by atoms with E-state index >= 15 is 0 Å². The molecule has 134 valence electrons. The van der Waals surface area contributed by atoms with E-state index in [2.05, 4.69) is 10.3 Å². The standard InChI is InChI=1S/C17H22N4O4/c1-11(12-5-4-8-25-12)15(23)19-17(2)6-7-21(10-17)13-9-14(22)20(3)16(24)18-13/h4-5,8-9,11H,6-7,10H2,1-3H3,(H,18,24)(H,19,23). The minimum absolute atomic E-state index is 0.114. The fourth-order valence-electron chi connectivity index (χ4n) is 3.05. The summed E-state index contributed by atoms with van der Waals surface area (Å²) in [5.74, 6) is 0.596. The highest BCUT2D eigenvalue weighted by molar-refractivity contribution is 5.83. The van der Waals surface area contributed by atoms with E-state index in [1.807, 2.05) is 11.8 Å². The molecular weight excluding hydrogens is 324 g/mol. The van der Waals surface area contributed by atoms with Crippen molar-refractivity contribution in [1.82, 2.24) is 14.9 Å². The molecule has 2 unspecified atom stereocenters. The van der Waals surface area contributed by atoms with Gasteiger partial charge in [-0.1, -0.05) is 0 Å². The predicted octanol–water partition coefficient (Wildman–Crippen LogP) is 0.555. The van der Waals surface area contributed by atoms with Crippen LogP contribution in [0.1, 0.15) is 31.9 Å². The van der Waals surface area contributed by atoms with Gasteiger partial charge in [0.25, 0.3) is 5.56 Å². The SMILES string of the molecule is CC(C(=O)NC1(C)CCN(c2cc(=O)n(C)c(=O)[nH]2)C1)c1ccco1. The smallest absolute Gasteiger partial charge is 0.329 e. The molecule has 1 aliphatic heterocycles. The van der Waals surface area contributed by atoms with Gasteiger partial charge in [0, 0.05) is 26.2 Å². The van der Waals surface area contributed by atoms with Crippen molar-refractivity contribution in [3.05, 3.63) is 51.1 Å². The van der Waals surface area contributed by atoms with Crippen molar-refractivity contribution in [2.45, 2.75) is 31.7 Å². The maximum Gasteiger partial charge on any atom is 0.329 e. The topological polar surface area (TPSA) is 100 Å². The molecule has 8 nitrogen and oxygen atoms in total. The molecule has 1 fully saturated rings. The van der Waals surface area contributed by atoms with Crippen LogP contribution >= 0.6 is 0 Å². The van der Waals surface area contributed by atoms with Crippen LogP contribution in [-0.4, -0.2) is 34.1 Å². The molecule has 8 heteroatoms. The molecule has 0 radical (unpaired) electrons. The molecule has 0 spiro atoms. The summed E-state index contributed by atoms with van der Waals surface area (Å²) < 4.78 is 6.31. The molecule has 3 heterocycles. The van der Waals surface area contributed by atoms with Crippen molar-refractivity contribution in [2.24, 2.45) is 7.05 Å². The minimum Gasteiger partial charge on any atom is -0.469 e. The first-order valence-electron chi connectivity index (χ1n) is 8.20. The molecule has 1 saturated heterocycles. The number of aromatic amines is 1. The Bertz CT molecular complexity index is 852. The molecule has 3 rings (SSSR count). The molecule has 0 aromatic carbocycles. The first-order chi connectivity index (χ1) is 11.8. The molecule has 1 aliphatic rings. The van der Waals surface area contributed by atoms with E-state index in [1.165, 1.54) is 13.1 Å². The van der Waals surface area contributed by atoms with E-state index in [4.69, 9.17) is 4.42 Å². The van der Waals surface area contributed by atoms with Crippen molar-refractivity contribution in [1.29, 1.82) is 0 Å². The number of furan rings is 1. The largest absolute Gasteiger partial charge is 0.469 e. The van der Waals surface area contributed by atoms with Gasteiger partial charge in [0.15, 0.2) is 0 Å². The van der Waals surface area contributed by atoms with Gasteiger partial charge in [-0.15, -0.1) is 0 Å². The number of hydrogen-bond donors (Lipinski definition) is 2. The lowest BCUT2D eigenvalue weighted by atomic mass is 9.99. The number of aromatic nitrogens is 2. The summed E-state index contributed by atoms with van der Waals surface area (Å²) >= 11 is 0. The zero-order valence-corrected chi connectivity index (χ0v) is 14.5. The van der Waals surface area contributed by atoms with Crippen molar-refractivity contribution < 1.29 is 9.21 Å². The Balaban J connectivity index is 1.72. The Hall–Kier alpha value is -2.77. The van der Waals surface area contributed by atoms with Crippen molar-refractivity contribution in [3.63, 3.8) is 0 Å². The number of carbonyl (C=O) groups excluding carboxylic acids is 1. The number of nitrogens with one attached hydrogen (secondary N) is 2. The second kappa shape index (κ2) is 6.27. The number of amides is 1. The molecule has 25 heavy (non-hydrogen) atoms. The summed E-state index contributed by atoms with van der Waals surface area (Å²) in [6.07, 6.45) is 2.26. The lowest BCUT2D eigenvalue weighted by molar-refractivity contribution is -0.124. The average molecular weight is 346 g/mol. The van der Waals surface area contributed by atoms with Crippen LogP contribution < -0.4 is 21.5 Å². The highest BCUT2D eigenvalue weighted by atomic mass is 16.3. The molecule has 2 atom stereocenters. The van der Waals surface area contributed by atoms with Gasteiger partial charge < -0.3 is 14.6 Å². The third kappa shape index (κ3) is 3.38. The second-order valence-corrected chi connectivity index (χ2v) is 6.82. The Morgan fingerprint density at radius 1 is 1.44 bits per heavy atom. The van der Waals surface area contributed by atoms with Crippen molar-refractivity contribution in [3.8, 4) is 0 Å². The van der Waals surface area contributed by atoms with Crippen LogP contribution in [-0.2, 0) is 11.8 Å². The summed E-state index contributed by atoms with van der Waals surface area (Å²) in [6.45, 7) is 4.89. The van der Waals surface area contributed by atoms with Gasteiger partial charge in [0.1, 0.15) is 11.6 Å².